The molecule has 0 saturated heterocycles. The number of nitrogens with one attached hydrogen (secondary N) is 1. The number of nitrogens with two attached hydrogens (primary N) is 1. The van der Waals surface area contributed by atoms with Gasteiger partial charge in [0.05, 0.1) is 11.6 Å². The Morgan fingerprint density at radius 1 is 1.19 bits per heavy atom. The first kappa shape index (κ1) is 15.0. The van der Waals surface area contributed by atoms with E-state index in [1.165, 1.54) is 43.2 Å². The average molecular weight is 288 g/mol. The van der Waals surface area contributed by atoms with E-state index in [1.54, 1.807) is 0 Å². The van der Waals surface area contributed by atoms with Crippen molar-refractivity contribution >= 4 is 0 Å². The molecule has 1 aromatic rings. The SMILES string of the molecule is CCOC1(C(NN)c2ccc(C3CCC3)cc2)CCCC1. The van der Waals surface area contributed by atoms with Gasteiger partial charge in [-0.3, -0.25) is 11.3 Å². The standard InChI is InChI=1S/C18H28N2O/c1-2-21-18(12-3-4-13-18)17(20-19)16-10-8-15(9-11-16)14-6-5-7-14/h8-11,14,17,20H,2-7,12-13,19H2,1H3. The summed E-state index contributed by atoms with van der Waals surface area (Å²) in [6, 6.07) is 9.17. The Kier molecular flexibility index (Phi) is 4.63. The zero-order valence-electron chi connectivity index (χ0n) is 13.1. The molecule has 1 unspecified atom stereocenters. The number of benzene rings is 1. The second kappa shape index (κ2) is 6.47. The Morgan fingerprint density at radius 3 is 2.33 bits per heavy atom. The van der Waals surface area contributed by atoms with Gasteiger partial charge in [0.1, 0.15) is 0 Å². The number of hydrazine groups is 1. The molecule has 0 aliphatic heterocycles. The number of ether oxygens (including phenoxy) is 1. The highest BCUT2D eigenvalue weighted by molar-refractivity contribution is 5.30. The van der Waals surface area contributed by atoms with Crippen molar-refractivity contribution in [3.05, 3.63) is 35.4 Å². The van der Waals surface area contributed by atoms with Crippen molar-refractivity contribution < 1.29 is 4.74 Å². The first-order valence-electron chi connectivity index (χ1n) is 8.49. The van der Waals surface area contributed by atoms with E-state index in [4.69, 9.17) is 10.6 Å². The molecule has 0 radical (unpaired) electrons. The highest BCUT2D eigenvalue weighted by Gasteiger charge is 2.42. The molecule has 0 heterocycles. The fourth-order valence-electron chi connectivity index (χ4n) is 4.03. The van der Waals surface area contributed by atoms with Gasteiger partial charge < -0.3 is 4.74 Å². The van der Waals surface area contributed by atoms with E-state index in [-0.39, 0.29) is 11.6 Å². The van der Waals surface area contributed by atoms with Gasteiger partial charge in [0.2, 0.25) is 0 Å². The molecular weight excluding hydrogens is 260 g/mol. The van der Waals surface area contributed by atoms with E-state index in [2.05, 4.69) is 36.6 Å². The second-order valence-electron chi connectivity index (χ2n) is 6.60. The average Bonchev–Trinajstić information content (AvgIpc) is 2.89. The van der Waals surface area contributed by atoms with Crippen molar-refractivity contribution in [1.82, 2.24) is 5.43 Å². The van der Waals surface area contributed by atoms with Gasteiger partial charge >= 0.3 is 0 Å². The zero-order valence-corrected chi connectivity index (χ0v) is 13.1. The zero-order chi connectivity index (χ0) is 14.7. The fourth-order valence-corrected chi connectivity index (χ4v) is 4.03. The third-order valence-electron chi connectivity index (χ3n) is 5.42. The quantitative estimate of drug-likeness (QED) is 0.618. The molecule has 0 amide bonds. The molecule has 21 heavy (non-hydrogen) atoms. The topological polar surface area (TPSA) is 47.3 Å². The summed E-state index contributed by atoms with van der Waals surface area (Å²) < 4.78 is 6.17. The van der Waals surface area contributed by atoms with Crippen LogP contribution in [0.2, 0.25) is 0 Å². The lowest BCUT2D eigenvalue weighted by atomic mass is 9.79. The predicted molar refractivity (Wildman–Crippen MR) is 85.9 cm³/mol. The second-order valence-corrected chi connectivity index (χ2v) is 6.60. The van der Waals surface area contributed by atoms with E-state index in [0.29, 0.717) is 0 Å². The van der Waals surface area contributed by atoms with Crippen molar-refractivity contribution in [2.75, 3.05) is 6.61 Å². The first-order valence-corrected chi connectivity index (χ1v) is 8.49. The van der Waals surface area contributed by atoms with Crippen molar-refractivity contribution in [2.24, 2.45) is 5.84 Å². The molecular formula is C18H28N2O. The molecule has 3 nitrogen and oxygen atoms in total. The maximum atomic E-state index is 6.17. The van der Waals surface area contributed by atoms with E-state index in [1.807, 2.05) is 0 Å². The molecule has 2 saturated carbocycles. The summed E-state index contributed by atoms with van der Waals surface area (Å²) in [5.41, 5.74) is 5.66. The van der Waals surface area contributed by atoms with Crippen LogP contribution in [-0.4, -0.2) is 12.2 Å². The number of hydrogen-bond acceptors (Lipinski definition) is 3. The Labute approximate surface area is 128 Å². The summed E-state index contributed by atoms with van der Waals surface area (Å²) in [6.07, 6.45) is 8.74. The van der Waals surface area contributed by atoms with Gasteiger partial charge in [-0.05, 0) is 49.7 Å². The van der Waals surface area contributed by atoms with Crippen LogP contribution in [0.4, 0.5) is 0 Å². The lowest BCUT2D eigenvalue weighted by Gasteiger charge is -2.37. The van der Waals surface area contributed by atoms with Gasteiger partial charge in [0.25, 0.3) is 0 Å². The first-order chi connectivity index (χ1) is 10.3. The molecule has 2 fully saturated rings. The Balaban J connectivity index is 1.81. The van der Waals surface area contributed by atoms with Crippen molar-refractivity contribution in [2.45, 2.75) is 69.4 Å². The van der Waals surface area contributed by atoms with Crippen molar-refractivity contribution in [3.63, 3.8) is 0 Å². The van der Waals surface area contributed by atoms with Gasteiger partial charge in [0.15, 0.2) is 0 Å². The minimum absolute atomic E-state index is 0.0930. The Morgan fingerprint density at radius 2 is 1.86 bits per heavy atom. The van der Waals surface area contributed by atoms with Crippen molar-refractivity contribution in [1.29, 1.82) is 0 Å². The summed E-state index contributed by atoms with van der Waals surface area (Å²) >= 11 is 0. The molecule has 116 valence electrons. The Bertz CT molecular complexity index is 447. The molecule has 0 bridgehead atoms. The van der Waals surface area contributed by atoms with Crippen LogP contribution in [0.5, 0.6) is 0 Å². The maximum Gasteiger partial charge on any atom is 0.0889 e. The summed E-state index contributed by atoms with van der Waals surface area (Å²) in [5, 5.41) is 0. The van der Waals surface area contributed by atoms with E-state index in [0.717, 1.165) is 25.4 Å². The molecule has 3 heteroatoms. The smallest absolute Gasteiger partial charge is 0.0889 e. The van der Waals surface area contributed by atoms with Crippen LogP contribution < -0.4 is 11.3 Å². The van der Waals surface area contributed by atoms with Gasteiger partial charge in [-0.2, -0.15) is 0 Å². The third kappa shape index (κ3) is 2.87. The summed E-state index contributed by atoms with van der Waals surface area (Å²) in [7, 11) is 0. The summed E-state index contributed by atoms with van der Waals surface area (Å²) in [4.78, 5) is 0. The monoisotopic (exact) mass is 288 g/mol. The highest BCUT2D eigenvalue weighted by Crippen LogP contribution is 2.43. The minimum atomic E-state index is -0.124. The lowest BCUT2D eigenvalue weighted by molar-refractivity contribution is -0.0627. The van der Waals surface area contributed by atoms with Crippen LogP contribution in [0, 0.1) is 0 Å². The highest BCUT2D eigenvalue weighted by atomic mass is 16.5. The van der Waals surface area contributed by atoms with Crippen LogP contribution in [0.25, 0.3) is 0 Å². The third-order valence-corrected chi connectivity index (χ3v) is 5.42. The summed E-state index contributed by atoms with van der Waals surface area (Å²) in [6.45, 7) is 2.83. The molecule has 3 rings (SSSR count). The van der Waals surface area contributed by atoms with Crippen LogP contribution in [0.15, 0.2) is 24.3 Å². The molecule has 1 aromatic carbocycles. The molecule has 1 atom stereocenters. The van der Waals surface area contributed by atoms with E-state index >= 15 is 0 Å². The van der Waals surface area contributed by atoms with Gasteiger partial charge in [-0.1, -0.05) is 43.5 Å². The fraction of sp³-hybridized carbons (Fsp3) is 0.667. The predicted octanol–water partition coefficient (Wildman–Crippen LogP) is 3.81. The lowest BCUT2D eigenvalue weighted by Crippen LogP contribution is -2.47. The summed E-state index contributed by atoms with van der Waals surface area (Å²) in [5.74, 6) is 6.69. The van der Waals surface area contributed by atoms with Crippen LogP contribution in [0.3, 0.4) is 0 Å². The molecule has 0 spiro atoms. The van der Waals surface area contributed by atoms with Crippen LogP contribution >= 0.6 is 0 Å². The minimum Gasteiger partial charge on any atom is -0.373 e. The maximum absolute atomic E-state index is 6.17. The number of rotatable bonds is 6. The van der Waals surface area contributed by atoms with E-state index < -0.39 is 0 Å². The van der Waals surface area contributed by atoms with Gasteiger partial charge in [-0.25, -0.2) is 0 Å². The van der Waals surface area contributed by atoms with E-state index in [9.17, 15) is 0 Å². The number of hydrogen-bond donors (Lipinski definition) is 2. The van der Waals surface area contributed by atoms with Gasteiger partial charge in [-0.15, -0.1) is 0 Å². The van der Waals surface area contributed by atoms with Crippen LogP contribution in [0.1, 0.15) is 75.0 Å². The molecule has 0 aromatic heterocycles. The van der Waals surface area contributed by atoms with Crippen molar-refractivity contribution in [3.8, 4) is 0 Å². The molecule has 2 aliphatic rings. The molecule has 2 aliphatic carbocycles. The molecule has 3 N–H and O–H groups in total. The normalized spacial score (nSPS) is 23.0. The Hall–Kier alpha value is -0.900. The van der Waals surface area contributed by atoms with Gasteiger partial charge in [0, 0.05) is 6.61 Å². The van der Waals surface area contributed by atoms with Crippen LogP contribution in [-0.2, 0) is 4.74 Å². The largest absolute Gasteiger partial charge is 0.373 e.